The maximum absolute atomic E-state index is 13.2. The molecule has 1 amide bonds. The Kier molecular flexibility index (Phi) is 4.34. The summed E-state index contributed by atoms with van der Waals surface area (Å²) in [6.07, 6.45) is -2.88. The van der Waals surface area contributed by atoms with Gasteiger partial charge < -0.3 is 10.3 Å². The molecule has 1 aromatic heterocycles. The second-order valence-electron chi connectivity index (χ2n) is 6.11. The Balaban J connectivity index is 1.91. The summed E-state index contributed by atoms with van der Waals surface area (Å²) < 4.78 is 39.5. The number of hydrogen-bond donors (Lipinski definition) is 2. The molecule has 1 heterocycles. The van der Waals surface area contributed by atoms with Crippen molar-refractivity contribution in [1.29, 1.82) is 0 Å². The zero-order valence-corrected chi connectivity index (χ0v) is 12.8. The number of carbonyl (C=O) groups excluding carboxylic acids is 1. The number of rotatable bonds is 2. The number of nitrogens with one attached hydrogen (secondary N) is 2. The molecule has 0 aliphatic heterocycles. The lowest BCUT2D eigenvalue weighted by Crippen LogP contribution is -2.47. The molecule has 3 rings (SSSR count). The molecule has 1 aliphatic rings. The van der Waals surface area contributed by atoms with Gasteiger partial charge in [-0.05, 0) is 18.9 Å². The van der Waals surface area contributed by atoms with Crippen LogP contribution in [-0.2, 0) is 0 Å². The minimum atomic E-state index is -4.34. The average molecular weight is 338 g/mol. The van der Waals surface area contributed by atoms with Crippen LogP contribution in [0.1, 0.15) is 36.0 Å². The van der Waals surface area contributed by atoms with Crippen LogP contribution < -0.4 is 10.9 Å². The number of pyridine rings is 1. The zero-order chi connectivity index (χ0) is 17.3. The Labute approximate surface area is 136 Å². The molecule has 1 aliphatic carbocycles. The third kappa shape index (κ3) is 3.29. The number of hydrogen-bond acceptors (Lipinski definition) is 2. The summed E-state index contributed by atoms with van der Waals surface area (Å²) in [6, 6.07) is 6.89. The highest BCUT2D eigenvalue weighted by molar-refractivity contribution is 6.06. The summed E-state index contributed by atoms with van der Waals surface area (Å²) >= 11 is 0. The average Bonchev–Trinajstić information content (AvgIpc) is 2.53. The Hall–Kier alpha value is -2.31. The van der Waals surface area contributed by atoms with Crippen molar-refractivity contribution in [2.24, 2.45) is 5.92 Å². The molecule has 24 heavy (non-hydrogen) atoms. The molecule has 0 bridgehead atoms. The maximum atomic E-state index is 13.2. The Bertz CT molecular complexity index is 813. The lowest BCUT2D eigenvalue weighted by molar-refractivity contribution is -0.187. The second-order valence-corrected chi connectivity index (χ2v) is 6.11. The second kappa shape index (κ2) is 6.30. The fourth-order valence-corrected chi connectivity index (χ4v) is 3.33. The third-order valence-corrected chi connectivity index (χ3v) is 4.50. The van der Waals surface area contributed by atoms with Crippen LogP contribution in [0.25, 0.3) is 10.9 Å². The van der Waals surface area contributed by atoms with Gasteiger partial charge >= 0.3 is 6.18 Å². The Morgan fingerprint density at radius 1 is 1.17 bits per heavy atom. The number of aromatic amines is 1. The molecule has 2 atom stereocenters. The van der Waals surface area contributed by atoms with Gasteiger partial charge in [-0.2, -0.15) is 13.2 Å². The monoisotopic (exact) mass is 338 g/mol. The van der Waals surface area contributed by atoms with E-state index < -0.39 is 29.6 Å². The summed E-state index contributed by atoms with van der Waals surface area (Å²) in [7, 11) is 0. The van der Waals surface area contributed by atoms with Gasteiger partial charge in [0.05, 0.1) is 11.5 Å². The van der Waals surface area contributed by atoms with Crippen molar-refractivity contribution in [3.63, 3.8) is 0 Å². The summed E-state index contributed by atoms with van der Waals surface area (Å²) in [6.45, 7) is 0. The molecule has 1 fully saturated rings. The number of carbonyl (C=O) groups is 1. The van der Waals surface area contributed by atoms with Crippen molar-refractivity contribution in [2.75, 3.05) is 0 Å². The van der Waals surface area contributed by atoms with Crippen LogP contribution in [0.15, 0.2) is 35.1 Å². The van der Waals surface area contributed by atoms with E-state index in [4.69, 9.17) is 0 Å². The van der Waals surface area contributed by atoms with Crippen LogP contribution in [-0.4, -0.2) is 23.1 Å². The zero-order valence-electron chi connectivity index (χ0n) is 12.8. The van der Waals surface area contributed by atoms with Crippen molar-refractivity contribution >= 4 is 16.8 Å². The minimum absolute atomic E-state index is 0.0184. The van der Waals surface area contributed by atoms with E-state index in [0.717, 1.165) is 6.07 Å². The largest absolute Gasteiger partial charge is 0.393 e. The first kappa shape index (κ1) is 16.5. The number of halogens is 3. The van der Waals surface area contributed by atoms with E-state index in [0.29, 0.717) is 23.7 Å². The highest BCUT2D eigenvalue weighted by atomic mass is 19.4. The van der Waals surface area contributed by atoms with E-state index >= 15 is 0 Å². The van der Waals surface area contributed by atoms with Crippen molar-refractivity contribution < 1.29 is 18.0 Å². The van der Waals surface area contributed by atoms with Gasteiger partial charge in [-0.25, -0.2) is 0 Å². The molecule has 2 N–H and O–H groups in total. The van der Waals surface area contributed by atoms with Gasteiger partial charge in [-0.3, -0.25) is 9.59 Å². The summed E-state index contributed by atoms with van der Waals surface area (Å²) in [4.78, 5) is 26.8. The molecule has 0 radical (unpaired) electrons. The van der Waals surface area contributed by atoms with Crippen LogP contribution in [0.3, 0.4) is 0 Å². The molecular formula is C17H17F3N2O2. The Morgan fingerprint density at radius 3 is 2.62 bits per heavy atom. The lowest BCUT2D eigenvalue weighted by Gasteiger charge is -2.33. The highest BCUT2D eigenvalue weighted by Crippen LogP contribution is 2.37. The van der Waals surface area contributed by atoms with Crippen molar-refractivity contribution in [3.05, 3.63) is 46.2 Å². The fourth-order valence-electron chi connectivity index (χ4n) is 3.33. The minimum Gasteiger partial charge on any atom is -0.349 e. The molecule has 7 heteroatoms. The summed E-state index contributed by atoms with van der Waals surface area (Å²) in [5, 5.41) is 3.01. The van der Waals surface area contributed by atoms with Crippen LogP contribution in [0.5, 0.6) is 0 Å². The molecule has 128 valence electrons. The first-order valence-corrected chi connectivity index (χ1v) is 7.86. The number of para-hydroxylation sites is 1. The van der Waals surface area contributed by atoms with E-state index in [1.165, 1.54) is 0 Å². The topological polar surface area (TPSA) is 62.0 Å². The quantitative estimate of drug-likeness (QED) is 0.882. The van der Waals surface area contributed by atoms with Gasteiger partial charge in [-0.1, -0.05) is 31.0 Å². The lowest BCUT2D eigenvalue weighted by atomic mass is 9.84. The van der Waals surface area contributed by atoms with E-state index in [2.05, 4.69) is 10.3 Å². The van der Waals surface area contributed by atoms with Crippen molar-refractivity contribution in [2.45, 2.75) is 37.9 Å². The maximum Gasteiger partial charge on any atom is 0.393 e. The number of fused-ring (bicyclic) bond motifs is 1. The number of amides is 1. The number of benzene rings is 1. The molecule has 0 unspecified atom stereocenters. The van der Waals surface area contributed by atoms with Crippen LogP contribution in [0.2, 0.25) is 0 Å². The standard InChI is InChI=1S/C17H17F3N2O2/c18-17(19,20)12-6-2-4-8-14(12)22-16(24)11-9-15(23)21-13-7-3-1-5-10(11)13/h1,3,5,7,9,12,14H,2,4,6,8H2,(H,21,23)(H,22,24)/t12-,14+/m1/s1. The van der Waals surface area contributed by atoms with Crippen LogP contribution in [0, 0.1) is 5.92 Å². The van der Waals surface area contributed by atoms with Crippen LogP contribution in [0.4, 0.5) is 13.2 Å². The summed E-state index contributed by atoms with van der Waals surface area (Å²) in [5.41, 5.74) is 0.113. The van der Waals surface area contributed by atoms with Gasteiger partial charge in [-0.15, -0.1) is 0 Å². The molecule has 0 spiro atoms. The first-order chi connectivity index (χ1) is 11.4. The third-order valence-electron chi connectivity index (χ3n) is 4.50. The van der Waals surface area contributed by atoms with E-state index in [1.54, 1.807) is 24.3 Å². The van der Waals surface area contributed by atoms with E-state index in [1.807, 2.05) is 0 Å². The van der Waals surface area contributed by atoms with Crippen LogP contribution >= 0.6 is 0 Å². The fraction of sp³-hybridized carbons (Fsp3) is 0.412. The molecular weight excluding hydrogens is 321 g/mol. The van der Waals surface area contributed by atoms with E-state index in [-0.39, 0.29) is 18.4 Å². The number of aromatic nitrogens is 1. The molecule has 4 nitrogen and oxygen atoms in total. The normalized spacial score (nSPS) is 21.6. The molecule has 2 aromatic rings. The van der Waals surface area contributed by atoms with Crippen molar-refractivity contribution in [3.8, 4) is 0 Å². The van der Waals surface area contributed by atoms with Gasteiger partial charge in [0.2, 0.25) is 5.56 Å². The van der Waals surface area contributed by atoms with Gasteiger partial charge in [0.1, 0.15) is 0 Å². The first-order valence-electron chi connectivity index (χ1n) is 7.86. The Morgan fingerprint density at radius 2 is 1.88 bits per heavy atom. The molecule has 1 saturated carbocycles. The number of alkyl halides is 3. The molecule has 0 saturated heterocycles. The SMILES string of the molecule is O=C(N[C@H]1CCCC[C@H]1C(F)(F)F)c1cc(=O)[nH]c2ccccc12. The van der Waals surface area contributed by atoms with Crippen molar-refractivity contribution in [1.82, 2.24) is 10.3 Å². The molecule has 1 aromatic carbocycles. The smallest absolute Gasteiger partial charge is 0.349 e. The van der Waals surface area contributed by atoms with Gasteiger partial charge in [0.25, 0.3) is 5.91 Å². The predicted octanol–water partition coefficient (Wildman–Crippen LogP) is 3.38. The highest BCUT2D eigenvalue weighted by Gasteiger charge is 2.46. The van der Waals surface area contributed by atoms with Gasteiger partial charge in [0.15, 0.2) is 0 Å². The predicted molar refractivity (Wildman–Crippen MR) is 83.8 cm³/mol. The van der Waals surface area contributed by atoms with E-state index in [9.17, 15) is 22.8 Å². The summed E-state index contributed by atoms with van der Waals surface area (Å²) in [5.74, 6) is -2.18. The number of H-pyrrole nitrogens is 1. The van der Waals surface area contributed by atoms with Gasteiger partial charge in [0, 0.05) is 23.0 Å².